The SMILES string of the molecule is Cc1ccc(OCc2nc3ccccc3nc2C)cn1. The maximum absolute atomic E-state index is 5.71. The van der Waals surface area contributed by atoms with E-state index < -0.39 is 0 Å². The molecule has 100 valence electrons. The van der Waals surface area contributed by atoms with Crippen molar-refractivity contribution in [2.24, 2.45) is 0 Å². The number of pyridine rings is 1. The summed E-state index contributed by atoms with van der Waals surface area (Å²) in [5.41, 5.74) is 4.51. The molecule has 0 aliphatic heterocycles. The van der Waals surface area contributed by atoms with Gasteiger partial charge in [-0.25, -0.2) is 9.97 Å². The lowest BCUT2D eigenvalue weighted by atomic mass is 10.2. The monoisotopic (exact) mass is 265 g/mol. The minimum Gasteiger partial charge on any atom is -0.486 e. The van der Waals surface area contributed by atoms with Gasteiger partial charge >= 0.3 is 0 Å². The fourth-order valence-corrected chi connectivity index (χ4v) is 1.95. The average molecular weight is 265 g/mol. The van der Waals surface area contributed by atoms with E-state index in [1.54, 1.807) is 6.20 Å². The summed E-state index contributed by atoms with van der Waals surface area (Å²) in [6, 6.07) is 11.7. The number of ether oxygens (including phenoxy) is 1. The fraction of sp³-hybridized carbons (Fsp3) is 0.188. The lowest BCUT2D eigenvalue weighted by Gasteiger charge is -2.08. The third kappa shape index (κ3) is 2.59. The van der Waals surface area contributed by atoms with Crippen LogP contribution in [0.15, 0.2) is 42.6 Å². The maximum atomic E-state index is 5.71. The number of rotatable bonds is 3. The largest absolute Gasteiger partial charge is 0.486 e. The van der Waals surface area contributed by atoms with Crippen molar-refractivity contribution in [1.82, 2.24) is 15.0 Å². The first-order chi connectivity index (χ1) is 9.72. The van der Waals surface area contributed by atoms with Crippen molar-refractivity contribution in [2.45, 2.75) is 20.5 Å². The van der Waals surface area contributed by atoms with Crippen LogP contribution >= 0.6 is 0 Å². The summed E-state index contributed by atoms with van der Waals surface area (Å²) >= 11 is 0. The van der Waals surface area contributed by atoms with E-state index in [-0.39, 0.29) is 0 Å². The molecule has 1 aromatic carbocycles. The topological polar surface area (TPSA) is 47.9 Å². The Morgan fingerprint density at radius 1 is 0.950 bits per heavy atom. The number of para-hydroxylation sites is 2. The molecule has 3 aromatic rings. The highest BCUT2D eigenvalue weighted by atomic mass is 16.5. The highest BCUT2D eigenvalue weighted by Crippen LogP contribution is 2.15. The van der Waals surface area contributed by atoms with Gasteiger partial charge in [-0.3, -0.25) is 4.98 Å². The van der Waals surface area contributed by atoms with Crippen LogP contribution in [0.1, 0.15) is 17.1 Å². The molecule has 3 rings (SSSR count). The molecule has 0 bridgehead atoms. The molecule has 4 heteroatoms. The molecular weight excluding hydrogens is 250 g/mol. The lowest BCUT2D eigenvalue weighted by molar-refractivity contribution is 0.299. The normalized spacial score (nSPS) is 10.7. The van der Waals surface area contributed by atoms with E-state index in [0.717, 1.165) is 33.9 Å². The zero-order valence-electron chi connectivity index (χ0n) is 11.5. The second kappa shape index (κ2) is 5.25. The molecule has 0 radical (unpaired) electrons. The van der Waals surface area contributed by atoms with Crippen molar-refractivity contribution in [3.05, 3.63) is 59.7 Å². The van der Waals surface area contributed by atoms with Crippen LogP contribution in [0.4, 0.5) is 0 Å². The minimum absolute atomic E-state index is 0.397. The second-order valence-electron chi connectivity index (χ2n) is 4.67. The van der Waals surface area contributed by atoms with Gasteiger partial charge in [0.25, 0.3) is 0 Å². The summed E-state index contributed by atoms with van der Waals surface area (Å²) in [7, 11) is 0. The van der Waals surface area contributed by atoms with Crippen molar-refractivity contribution in [3.63, 3.8) is 0 Å². The number of nitrogens with zero attached hydrogens (tertiary/aromatic N) is 3. The highest BCUT2D eigenvalue weighted by Gasteiger charge is 2.06. The standard InChI is InChI=1S/C16H15N3O/c1-11-7-8-13(9-17-11)20-10-16-12(2)18-14-5-3-4-6-15(14)19-16/h3-9H,10H2,1-2H3. The molecular formula is C16H15N3O. The smallest absolute Gasteiger partial charge is 0.138 e. The predicted molar refractivity (Wildman–Crippen MR) is 77.6 cm³/mol. The molecule has 0 aliphatic carbocycles. The molecule has 2 aromatic heterocycles. The van der Waals surface area contributed by atoms with E-state index in [0.29, 0.717) is 6.61 Å². The van der Waals surface area contributed by atoms with Crippen LogP contribution in [0.5, 0.6) is 5.75 Å². The van der Waals surface area contributed by atoms with Crippen LogP contribution < -0.4 is 4.74 Å². The van der Waals surface area contributed by atoms with Crippen LogP contribution in [0.3, 0.4) is 0 Å². The van der Waals surface area contributed by atoms with Crippen molar-refractivity contribution in [2.75, 3.05) is 0 Å². The zero-order chi connectivity index (χ0) is 13.9. The van der Waals surface area contributed by atoms with Crippen molar-refractivity contribution in [3.8, 4) is 5.75 Å². The van der Waals surface area contributed by atoms with Gasteiger partial charge in [0.2, 0.25) is 0 Å². The Hall–Kier alpha value is -2.49. The maximum Gasteiger partial charge on any atom is 0.138 e. The van der Waals surface area contributed by atoms with Crippen molar-refractivity contribution in [1.29, 1.82) is 0 Å². The van der Waals surface area contributed by atoms with Gasteiger partial charge in [-0.2, -0.15) is 0 Å². The Morgan fingerprint density at radius 2 is 1.70 bits per heavy atom. The molecule has 0 spiro atoms. The van der Waals surface area contributed by atoms with Crippen LogP contribution in [0.2, 0.25) is 0 Å². The van der Waals surface area contributed by atoms with Crippen LogP contribution in [0, 0.1) is 13.8 Å². The van der Waals surface area contributed by atoms with Gasteiger partial charge in [-0.1, -0.05) is 12.1 Å². The number of aromatic nitrogens is 3. The molecule has 0 saturated heterocycles. The number of hydrogen-bond donors (Lipinski definition) is 0. The van der Waals surface area contributed by atoms with E-state index in [4.69, 9.17) is 4.74 Å². The van der Waals surface area contributed by atoms with Gasteiger partial charge in [0, 0.05) is 5.69 Å². The Labute approximate surface area is 117 Å². The minimum atomic E-state index is 0.397. The summed E-state index contributed by atoms with van der Waals surface area (Å²) in [6.45, 7) is 4.29. The fourth-order valence-electron chi connectivity index (χ4n) is 1.95. The summed E-state index contributed by atoms with van der Waals surface area (Å²) in [4.78, 5) is 13.3. The summed E-state index contributed by atoms with van der Waals surface area (Å²) < 4.78 is 5.71. The molecule has 0 atom stereocenters. The second-order valence-corrected chi connectivity index (χ2v) is 4.67. The third-order valence-corrected chi connectivity index (χ3v) is 3.10. The molecule has 0 saturated carbocycles. The number of aryl methyl sites for hydroxylation is 2. The molecule has 20 heavy (non-hydrogen) atoms. The number of benzene rings is 1. The highest BCUT2D eigenvalue weighted by molar-refractivity contribution is 5.74. The number of fused-ring (bicyclic) bond motifs is 1. The first-order valence-electron chi connectivity index (χ1n) is 6.50. The Morgan fingerprint density at radius 3 is 2.40 bits per heavy atom. The first kappa shape index (κ1) is 12.5. The summed E-state index contributed by atoms with van der Waals surface area (Å²) in [6.07, 6.45) is 1.72. The van der Waals surface area contributed by atoms with Gasteiger partial charge in [0.05, 0.1) is 28.6 Å². The van der Waals surface area contributed by atoms with E-state index in [2.05, 4.69) is 15.0 Å². The molecule has 0 amide bonds. The molecule has 0 aliphatic rings. The molecule has 0 unspecified atom stereocenters. The third-order valence-electron chi connectivity index (χ3n) is 3.10. The molecule has 2 heterocycles. The molecule has 4 nitrogen and oxygen atoms in total. The molecule has 0 N–H and O–H groups in total. The quantitative estimate of drug-likeness (QED) is 0.729. The van der Waals surface area contributed by atoms with E-state index in [9.17, 15) is 0 Å². The number of hydrogen-bond acceptors (Lipinski definition) is 4. The van der Waals surface area contributed by atoms with Crippen molar-refractivity contribution < 1.29 is 4.74 Å². The summed E-state index contributed by atoms with van der Waals surface area (Å²) in [5, 5.41) is 0. The van der Waals surface area contributed by atoms with E-state index in [1.807, 2.05) is 50.2 Å². The van der Waals surface area contributed by atoms with Crippen LogP contribution in [-0.4, -0.2) is 15.0 Å². The van der Waals surface area contributed by atoms with Gasteiger partial charge in [0.15, 0.2) is 0 Å². The van der Waals surface area contributed by atoms with Crippen LogP contribution in [0.25, 0.3) is 11.0 Å². The Bertz CT molecular complexity index is 738. The van der Waals surface area contributed by atoms with Gasteiger partial charge < -0.3 is 4.74 Å². The van der Waals surface area contributed by atoms with E-state index in [1.165, 1.54) is 0 Å². The summed E-state index contributed by atoms with van der Waals surface area (Å²) in [5.74, 6) is 0.741. The Balaban J connectivity index is 1.83. The van der Waals surface area contributed by atoms with E-state index >= 15 is 0 Å². The van der Waals surface area contributed by atoms with Gasteiger partial charge in [0.1, 0.15) is 12.4 Å². The van der Waals surface area contributed by atoms with Crippen molar-refractivity contribution >= 4 is 11.0 Å². The zero-order valence-corrected chi connectivity index (χ0v) is 11.5. The van der Waals surface area contributed by atoms with Gasteiger partial charge in [-0.15, -0.1) is 0 Å². The van der Waals surface area contributed by atoms with Gasteiger partial charge in [-0.05, 0) is 38.1 Å². The first-order valence-corrected chi connectivity index (χ1v) is 6.50. The molecule has 0 fully saturated rings. The Kier molecular flexibility index (Phi) is 3.29. The van der Waals surface area contributed by atoms with Crippen LogP contribution in [-0.2, 0) is 6.61 Å². The lowest BCUT2D eigenvalue weighted by Crippen LogP contribution is -2.03. The predicted octanol–water partition coefficient (Wildman–Crippen LogP) is 3.22. The average Bonchev–Trinajstić information content (AvgIpc) is 2.47.